The molecule has 6 nitrogen and oxygen atoms in total. The number of aromatic nitrogens is 4. The molecule has 0 atom stereocenters. The Morgan fingerprint density at radius 2 is 1.10 bits per heavy atom. The third kappa shape index (κ3) is 4.72. The van der Waals surface area contributed by atoms with E-state index in [1.165, 1.54) is 0 Å². The van der Waals surface area contributed by atoms with E-state index in [-0.39, 0.29) is 25.0 Å². The molecule has 0 fully saturated rings. The van der Waals surface area contributed by atoms with E-state index in [2.05, 4.69) is 12.1 Å². The number of nitrogens with zero attached hydrogens (tertiary/aromatic N) is 4. The molecule has 2 aliphatic heterocycles. The molecule has 2 aliphatic rings. The van der Waals surface area contributed by atoms with E-state index >= 15 is 0 Å². The van der Waals surface area contributed by atoms with Gasteiger partial charge >= 0.3 is 5.97 Å². The average molecular weight is 570 g/mol. The SMILES string of the molecule is O=C(O)c1ccc(-c2c3nc(cc4ccc([n-]4)c(-c4ccccc4)c4nc(cc5ccc2[n-]5)C=C4)C=C3)cc1.[Zn]. The van der Waals surface area contributed by atoms with Crippen molar-refractivity contribution in [3.8, 4) is 22.3 Å². The standard InChI is InChI=1S/C33H21N4O2.Zn/c38-33(39)22-8-6-21(7-9-22)32-29-16-12-25(36-29)18-23-10-14-27(34-23)31(20-4-2-1-3-5-20)28-15-11-24(35-28)19-26-13-17-30(32)37-26;/h1-19H,(H2-,34,35,36,37,38,39);/q-1;/p-1. The summed E-state index contributed by atoms with van der Waals surface area (Å²) in [6.07, 6.45) is 7.91. The van der Waals surface area contributed by atoms with E-state index in [1.54, 1.807) is 24.3 Å². The van der Waals surface area contributed by atoms with Crippen molar-refractivity contribution in [3.63, 3.8) is 0 Å². The molecule has 0 amide bonds. The van der Waals surface area contributed by atoms with Crippen molar-refractivity contribution in [2.24, 2.45) is 0 Å². The van der Waals surface area contributed by atoms with Crippen molar-refractivity contribution in [3.05, 3.63) is 119 Å². The van der Waals surface area contributed by atoms with Crippen molar-refractivity contribution in [1.29, 1.82) is 0 Å². The summed E-state index contributed by atoms with van der Waals surface area (Å²) in [5.74, 6) is -0.966. The second kappa shape index (κ2) is 10.4. The van der Waals surface area contributed by atoms with Crippen LogP contribution < -0.4 is 9.97 Å². The predicted octanol–water partition coefficient (Wildman–Crippen LogP) is 6.94. The first kappa shape index (κ1) is 25.4. The van der Waals surface area contributed by atoms with Crippen LogP contribution in [0, 0.1) is 0 Å². The largest absolute Gasteiger partial charge is 0.657 e. The third-order valence-corrected chi connectivity index (χ3v) is 6.75. The summed E-state index contributed by atoms with van der Waals surface area (Å²) in [4.78, 5) is 31.0. The summed E-state index contributed by atoms with van der Waals surface area (Å²) < 4.78 is 0. The van der Waals surface area contributed by atoms with Crippen LogP contribution in [-0.4, -0.2) is 21.0 Å². The van der Waals surface area contributed by atoms with Crippen LogP contribution in [-0.2, 0) is 19.5 Å². The van der Waals surface area contributed by atoms with Crippen LogP contribution in [0.15, 0.2) is 91.0 Å². The van der Waals surface area contributed by atoms with Crippen LogP contribution in [0.3, 0.4) is 0 Å². The van der Waals surface area contributed by atoms with Gasteiger partial charge in [0.15, 0.2) is 0 Å². The first-order valence-corrected chi connectivity index (χ1v) is 12.5. The quantitative estimate of drug-likeness (QED) is 0.232. The second-order valence-corrected chi connectivity index (χ2v) is 9.31. The normalized spacial score (nSPS) is 11.8. The van der Waals surface area contributed by atoms with Gasteiger partial charge in [0.25, 0.3) is 0 Å². The van der Waals surface area contributed by atoms with Gasteiger partial charge in [-0.3, -0.25) is 0 Å². The van der Waals surface area contributed by atoms with Gasteiger partial charge in [0.2, 0.25) is 0 Å². The molecule has 0 spiro atoms. The first-order chi connectivity index (χ1) is 19.1. The van der Waals surface area contributed by atoms with Crippen molar-refractivity contribution in [2.45, 2.75) is 0 Å². The Morgan fingerprint density at radius 3 is 1.60 bits per heavy atom. The molecule has 1 N–H and O–H groups in total. The average Bonchev–Trinajstić information content (AvgIpc) is 3.76. The Kier molecular flexibility index (Phi) is 6.58. The smallest absolute Gasteiger partial charge is 0.335 e. The van der Waals surface area contributed by atoms with E-state index in [9.17, 15) is 9.90 Å². The molecule has 7 heteroatoms. The summed E-state index contributed by atoms with van der Waals surface area (Å²) in [5.41, 5.74) is 10.2. The van der Waals surface area contributed by atoms with Crippen LogP contribution in [0.4, 0.5) is 0 Å². The Hall–Kier alpha value is -4.87. The predicted molar refractivity (Wildman–Crippen MR) is 155 cm³/mol. The molecule has 0 saturated heterocycles. The fraction of sp³-hybridized carbons (Fsp3) is 0. The summed E-state index contributed by atoms with van der Waals surface area (Å²) >= 11 is 0. The molecule has 5 heterocycles. The number of carbonyl (C=O) groups is 1. The number of aromatic carboxylic acids is 1. The van der Waals surface area contributed by atoms with Gasteiger partial charge in [0, 0.05) is 19.5 Å². The summed E-state index contributed by atoms with van der Waals surface area (Å²) in [6, 6.07) is 28.8. The molecule has 0 unspecified atom stereocenters. The van der Waals surface area contributed by atoms with Crippen molar-refractivity contribution >= 4 is 52.3 Å². The van der Waals surface area contributed by atoms with Crippen molar-refractivity contribution in [2.75, 3.05) is 0 Å². The first-order valence-electron chi connectivity index (χ1n) is 12.5. The van der Waals surface area contributed by atoms with Gasteiger partial charge < -0.3 is 15.1 Å². The van der Waals surface area contributed by atoms with Gasteiger partial charge in [-0.2, -0.15) is 0 Å². The van der Waals surface area contributed by atoms with Crippen LogP contribution >= 0.6 is 0 Å². The maximum absolute atomic E-state index is 11.4. The Bertz CT molecular complexity index is 1980. The molecule has 7 rings (SSSR count). The number of carboxylic acids is 1. The van der Waals surface area contributed by atoms with Crippen LogP contribution in [0.1, 0.15) is 33.1 Å². The monoisotopic (exact) mass is 568 g/mol. The van der Waals surface area contributed by atoms with Crippen LogP contribution in [0.2, 0.25) is 0 Å². The zero-order valence-corrected chi connectivity index (χ0v) is 24.3. The molecule has 0 radical (unpaired) electrons. The minimum Gasteiger partial charge on any atom is -0.657 e. The van der Waals surface area contributed by atoms with Gasteiger partial charge in [-0.05, 0) is 58.7 Å². The molecule has 3 aromatic heterocycles. The van der Waals surface area contributed by atoms with Crippen LogP contribution in [0.25, 0.3) is 68.6 Å². The number of hydrogen-bond donors (Lipinski definition) is 1. The number of fused-ring (bicyclic) bond motifs is 8. The molecule has 2 aromatic carbocycles. The third-order valence-electron chi connectivity index (χ3n) is 6.75. The second-order valence-electron chi connectivity index (χ2n) is 9.31. The van der Waals surface area contributed by atoms with Gasteiger partial charge in [0.1, 0.15) is 0 Å². The number of rotatable bonds is 3. The molecular formula is C33H20N4O2Zn-2. The van der Waals surface area contributed by atoms with Crippen molar-refractivity contribution < 1.29 is 29.4 Å². The Morgan fingerprint density at radius 1 is 0.600 bits per heavy atom. The molecule has 0 saturated carbocycles. The van der Waals surface area contributed by atoms with Gasteiger partial charge in [-0.15, -0.1) is 22.1 Å². The van der Waals surface area contributed by atoms with Gasteiger partial charge in [-0.25, -0.2) is 14.8 Å². The fourth-order valence-electron chi connectivity index (χ4n) is 4.93. The number of hydrogen-bond acceptors (Lipinski definition) is 3. The summed E-state index contributed by atoms with van der Waals surface area (Å²) in [5, 5.41) is 9.35. The summed E-state index contributed by atoms with van der Waals surface area (Å²) in [6.45, 7) is 0. The van der Waals surface area contributed by atoms with E-state index in [0.717, 1.165) is 67.1 Å². The maximum Gasteiger partial charge on any atom is 0.335 e. The van der Waals surface area contributed by atoms with Gasteiger partial charge in [0.05, 0.1) is 28.3 Å². The molecule has 188 valence electrons. The molecule has 40 heavy (non-hydrogen) atoms. The van der Waals surface area contributed by atoms with E-state index in [4.69, 9.17) is 19.9 Å². The van der Waals surface area contributed by atoms with Crippen LogP contribution in [0.5, 0.6) is 0 Å². The Balaban J connectivity index is 0.00000289. The van der Waals surface area contributed by atoms with Gasteiger partial charge in [-0.1, -0.05) is 78.9 Å². The number of benzene rings is 2. The zero-order valence-electron chi connectivity index (χ0n) is 21.3. The molecular weight excluding hydrogens is 550 g/mol. The maximum atomic E-state index is 11.4. The van der Waals surface area contributed by atoms with E-state index < -0.39 is 5.97 Å². The summed E-state index contributed by atoms with van der Waals surface area (Å²) in [7, 11) is 0. The fourth-order valence-corrected chi connectivity index (χ4v) is 4.93. The molecule has 8 bridgehead atoms. The minimum absolute atomic E-state index is 0. The molecule has 0 aliphatic carbocycles. The number of carboxylic acid groups (broad SMARTS) is 1. The molecule has 5 aromatic rings. The van der Waals surface area contributed by atoms with Crippen molar-refractivity contribution in [1.82, 2.24) is 19.9 Å². The minimum atomic E-state index is -0.966. The zero-order chi connectivity index (χ0) is 26.3. The van der Waals surface area contributed by atoms with E-state index in [1.807, 2.05) is 78.9 Å². The topological polar surface area (TPSA) is 91.3 Å². The Labute approximate surface area is 242 Å². The van der Waals surface area contributed by atoms with E-state index in [0.29, 0.717) is 0 Å².